The topological polar surface area (TPSA) is 49.3 Å². The fraction of sp³-hybridized carbons (Fsp3) is 0.562. The van der Waals surface area contributed by atoms with Gasteiger partial charge in [0.05, 0.1) is 5.92 Å². The summed E-state index contributed by atoms with van der Waals surface area (Å²) in [4.78, 5) is 11.1. The summed E-state index contributed by atoms with van der Waals surface area (Å²) >= 11 is 0. The zero-order valence-corrected chi connectivity index (χ0v) is 12.1. The molecule has 0 aliphatic carbocycles. The minimum absolute atomic E-state index is 0.296. The molecule has 2 N–H and O–H groups in total. The molecule has 1 atom stereocenters. The van der Waals surface area contributed by atoms with Crippen molar-refractivity contribution >= 4 is 5.97 Å². The highest BCUT2D eigenvalue weighted by atomic mass is 16.4. The maximum Gasteiger partial charge on any atom is 0.307 e. The van der Waals surface area contributed by atoms with Gasteiger partial charge in [-0.2, -0.15) is 0 Å². The largest absolute Gasteiger partial charge is 0.481 e. The average Bonchev–Trinajstić information content (AvgIpc) is 2.37. The lowest BCUT2D eigenvalue weighted by Crippen LogP contribution is -2.29. The van der Waals surface area contributed by atoms with Gasteiger partial charge in [0.1, 0.15) is 0 Å². The predicted octanol–water partition coefficient (Wildman–Crippen LogP) is 3.09. The van der Waals surface area contributed by atoms with Gasteiger partial charge in [-0.25, -0.2) is 0 Å². The Hall–Kier alpha value is -1.35. The number of hydrogen-bond donors (Lipinski definition) is 2. The summed E-state index contributed by atoms with van der Waals surface area (Å²) in [6.45, 7) is 7.50. The van der Waals surface area contributed by atoms with Crippen molar-refractivity contribution < 1.29 is 9.90 Å². The first-order chi connectivity index (χ1) is 9.02. The Morgan fingerprint density at radius 2 is 1.79 bits per heavy atom. The fourth-order valence-electron chi connectivity index (χ4n) is 2.12. The summed E-state index contributed by atoms with van der Waals surface area (Å²) in [7, 11) is 0. The van der Waals surface area contributed by atoms with Crippen LogP contribution >= 0.6 is 0 Å². The van der Waals surface area contributed by atoms with Crippen molar-refractivity contribution in [2.24, 2.45) is 11.8 Å². The Morgan fingerprint density at radius 1 is 1.21 bits per heavy atom. The molecule has 0 heterocycles. The standard InChI is InChI=1S/C16H25NO2/c1-4-13-5-7-14(8-6-13)10-17-11-15(16(18)19)9-12(2)3/h5-8,12,15,17H,4,9-11H2,1-3H3,(H,18,19). The van der Waals surface area contributed by atoms with Crippen LogP contribution in [-0.2, 0) is 17.8 Å². The molecule has 0 bridgehead atoms. The third kappa shape index (κ3) is 5.88. The summed E-state index contributed by atoms with van der Waals surface area (Å²) in [6, 6.07) is 8.45. The number of aliphatic carboxylic acids is 1. The Bertz CT molecular complexity index is 384. The third-order valence-corrected chi connectivity index (χ3v) is 3.26. The molecule has 106 valence electrons. The molecular weight excluding hydrogens is 238 g/mol. The highest BCUT2D eigenvalue weighted by molar-refractivity contribution is 5.70. The van der Waals surface area contributed by atoms with E-state index in [0.717, 1.165) is 19.4 Å². The Morgan fingerprint density at radius 3 is 2.26 bits per heavy atom. The molecule has 19 heavy (non-hydrogen) atoms. The van der Waals surface area contributed by atoms with Crippen LogP contribution in [0.2, 0.25) is 0 Å². The van der Waals surface area contributed by atoms with Gasteiger partial charge in [-0.3, -0.25) is 4.79 Å². The van der Waals surface area contributed by atoms with Gasteiger partial charge in [0.15, 0.2) is 0 Å². The Balaban J connectivity index is 2.40. The molecule has 1 rings (SSSR count). The molecule has 0 saturated carbocycles. The third-order valence-electron chi connectivity index (χ3n) is 3.26. The first kappa shape index (κ1) is 15.7. The first-order valence-electron chi connectivity index (χ1n) is 7.04. The molecule has 0 aromatic heterocycles. The second-order valence-electron chi connectivity index (χ2n) is 5.47. The number of carboxylic acids is 1. The Kier molecular flexibility index (Phi) is 6.57. The zero-order valence-electron chi connectivity index (χ0n) is 12.1. The van der Waals surface area contributed by atoms with E-state index in [9.17, 15) is 4.79 Å². The van der Waals surface area contributed by atoms with Gasteiger partial charge in [-0.05, 0) is 29.9 Å². The smallest absolute Gasteiger partial charge is 0.307 e. The first-order valence-corrected chi connectivity index (χ1v) is 7.04. The normalized spacial score (nSPS) is 12.6. The minimum Gasteiger partial charge on any atom is -0.481 e. The van der Waals surface area contributed by atoms with E-state index in [-0.39, 0.29) is 5.92 Å². The number of nitrogens with one attached hydrogen (secondary N) is 1. The SMILES string of the molecule is CCc1ccc(CNCC(CC(C)C)C(=O)O)cc1. The summed E-state index contributed by atoms with van der Waals surface area (Å²) in [5.74, 6) is -0.593. The summed E-state index contributed by atoms with van der Waals surface area (Å²) in [5.41, 5.74) is 2.53. The van der Waals surface area contributed by atoms with Crippen molar-refractivity contribution in [1.82, 2.24) is 5.32 Å². The van der Waals surface area contributed by atoms with Crippen molar-refractivity contribution in [3.63, 3.8) is 0 Å². The molecule has 0 amide bonds. The van der Waals surface area contributed by atoms with Crippen LogP contribution in [0.25, 0.3) is 0 Å². The van der Waals surface area contributed by atoms with Crippen LogP contribution < -0.4 is 5.32 Å². The maximum atomic E-state index is 11.1. The zero-order chi connectivity index (χ0) is 14.3. The predicted molar refractivity (Wildman–Crippen MR) is 78.1 cm³/mol. The molecule has 1 aromatic carbocycles. The maximum absolute atomic E-state index is 11.1. The number of aryl methyl sites for hydroxylation is 1. The van der Waals surface area contributed by atoms with E-state index >= 15 is 0 Å². The highest BCUT2D eigenvalue weighted by Crippen LogP contribution is 2.11. The minimum atomic E-state index is -0.706. The van der Waals surface area contributed by atoms with E-state index in [4.69, 9.17) is 5.11 Å². The second kappa shape index (κ2) is 7.95. The number of carboxylic acid groups (broad SMARTS) is 1. The van der Waals surface area contributed by atoms with Crippen molar-refractivity contribution in [3.8, 4) is 0 Å². The number of carbonyl (C=O) groups is 1. The molecule has 0 saturated heterocycles. The van der Waals surface area contributed by atoms with Crippen LogP contribution in [0.5, 0.6) is 0 Å². The highest BCUT2D eigenvalue weighted by Gasteiger charge is 2.18. The van der Waals surface area contributed by atoms with E-state index < -0.39 is 5.97 Å². The number of hydrogen-bond acceptors (Lipinski definition) is 2. The van der Waals surface area contributed by atoms with Crippen LogP contribution in [0.1, 0.15) is 38.3 Å². The van der Waals surface area contributed by atoms with Gasteiger partial charge in [0.25, 0.3) is 0 Å². The second-order valence-corrected chi connectivity index (χ2v) is 5.47. The van der Waals surface area contributed by atoms with E-state index in [2.05, 4.69) is 50.4 Å². The summed E-state index contributed by atoms with van der Waals surface area (Å²) in [6.07, 6.45) is 1.76. The molecule has 0 radical (unpaired) electrons. The van der Waals surface area contributed by atoms with E-state index in [1.54, 1.807) is 0 Å². The molecule has 0 aliphatic heterocycles. The summed E-state index contributed by atoms with van der Waals surface area (Å²) in [5, 5.41) is 12.4. The summed E-state index contributed by atoms with van der Waals surface area (Å²) < 4.78 is 0. The lowest BCUT2D eigenvalue weighted by Gasteiger charge is -2.15. The van der Waals surface area contributed by atoms with E-state index in [1.807, 2.05) is 0 Å². The van der Waals surface area contributed by atoms with Crippen LogP contribution in [0.15, 0.2) is 24.3 Å². The van der Waals surface area contributed by atoms with Gasteiger partial charge >= 0.3 is 5.97 Å². The van der Waals surface area contributed by atoms with Crippen molar-refractivity contribution in [2.45, 2.75) is 40.2 Å². The number of benzene rings is 1. The monoisotopic (exact) mass is 263 g/mol. The van der Waals surface area contributed by atoms with Gasteiger partial charge in [0, 0.05) is 13.1 Å². The van der Waals surface area contributed by atoms with Gasteiger partial charge in [-0.15, -0.1) is 0 Å². The molecule has 0 fully saturated rings. The lowest BCUT2D eigenvalue weighted by molar-refractivity contribution is -0.142. The molecule has 0 aliphatic rings. The van der Waals surface area contributed by atoms with Crippen LogP contribution in [-0.4, -0.2) is 17.6 Å². The quantitative estimate of drug-likeness (QED) is 0.757. The molecule has 1 aromatic rings. The van der Waals surface area contributed by atoms with Gasteiger partial charge < -0.3 is 10.4 Å². The fourth-order valence-corrected chi connectivity index (χ4v) is 2.12. The lowest BCUT2D eigenvalue weighted by atomic mass is 9.97. The van der Waals surface area contributed by atoms with Crippen LogP contribution in [0.3, 0.4) is 0 Å². The van der Waals surface area contributed by atoms with Crippen molar-refractivity contribution in [1.29, 1.82) is 0 Å². The molecule has 3 heteroatoms. The molecule has 3 nitrogen and oxygen atoms in total. The van der Waals surface area contributed by atoms with Crippen molar-refractivity contribution in [2.75, 3.05) is 6.54 Å². The molecule has 1 unspecified atom stereocenters. The van der Waals surface area contributed by atoms with Crippen molar-refractivity contribution in [3.05, 3.63) is 35.4 Å². The van der Waals surface area contributed by atoms with Crippen LogP contribution in [0, 0.1) is 11.8 Å². The van der Waals surface area contributed by atoms with E-state index in [0.29, 0.717) is 12.5 Å². The van der Waals surface area contributed by atoms with Crippen LogP contribution in [0.4, 0.5) is 0 Å². The molecule has 0 spiro atoms. The molecular formula is C16H25NO2. The van der Waals surface area contributed by atoms with Gasteiger partial charge in [0.2, 0.25) is 0 Å². The Labute approximate surface area is 116 Å². The van der Waals surface area contributed by atoms with E-state index in [1.165, 1.54) is 11.1 Å². The average molecular weight is 263 g/mol. The number of rotatable bonds is 8. The van der Waals surface area contributed by atoms with Gasteiger partial charge in [-0.1, -0.05) is 45.0 Å².